The lowest BCUT2D eigenvalue weighted by Gasteiger charge is -1.80. The first-order valence-corrected chi connectivity index (χ1v) is 1.73. The maximum absolute atomic E-state index is 9.92. The molecule has 8 heavy (non-hydrogen) atoms. The van der Waals surface area contributed by atoms with Gasteiger partial charge in [-0.2, -0.15) is 0 Å². The van der Waals surface area contributed by atoms with Crippen molar-refractivity contribution < 1.29 is 14.3 Å². The first-order chi connectivity index (χ1) is 3.29. The van der Waals surface area contributed by atoms with Crippen molar-refractivity contribution in [3.05, 3.63) is 19.6 Å². The third kappa shape index (κ3) is 1.18. The highest BCUT2D eigenvalue weighted by atomic mass is 16.6. The molecule has 0 aliphatic carbocycles. The van der Waals surface area contributed by atoms with E-state index >= 15 is 0 Å². The zero-order chi connectivity index (χ0) is 5.28. The molecule has 3 nitrogen and oxygen atoms in total. The molecule has 1 aliphatic heterocycles. The molecule has 1 heterocycles. The van der Waals surface area contributed by atoms with Crippen LogP contribution in [0.15, 0.2) is 12.2 Å². The number of carbonyl (C=O) groups is 2. The van der Waals surface area contributed by atoms with Crippen molar-refractivity contribution in [3.63, 3.8) is 0 Å². The molecule has 0 fully saturated rings. The fourth-order valence-electron chi connectivity index (χ4n) is 0.303. The van der Waals surface area contributed by atoms with Crippen molar-refractivity contribution in [2.75, 3.05) is 0 Å². The topological polar surface area (TPSA) is 43.4 Å². The van der Waals surface area contributed by atoms with E-state index in [0.717, 1.165) is 12.2 Å². The van der Waals surface area contributed by atoms with E-state index in [0.29, 0.717) is 0 Å². The smallest absolute Gasteiger partial charge is 0.338 e. The summed E-state index contributed by atoms with van der Waals surface area (Å²) in [6.07, 6.45) is 2.17. The van der Waals surface area contributed by atoms with E-state index in [4.69, 9.17) is 0 Å². The number of cyclic esters (lactones) is 2. The summed E-state index contributed by atoms with van der Waals surface area (Å²) < 4.78 is 3.97. The Morgan fingerprint density at radius 2 is 1.50 bits per heavy atom. The second-order valence-electron chi connectivity index (χ2n) is 1.07. The summed E-state index contributed by atoms with van der Waals surface area (Å²) >= 11 is 0. The van der Waals surface area contributed by atoms with Crippen molar-refractivity contribution in [1.29, 1.82) is 0 Å². The molecule has 0 aromatic heterocycles. The minimum Gasteiger partial charge on any atom is -0.387 e. The fraction of sp³-hybridized carbons (Fsp3) is 0. The Hall–Kier alpha value is -1.12. The number of esters is 2. The summed E-state index contributed by atoms with van der Waals surface area (Å²) in [6.45, 7) is 0. The van der Waals surface area contributed by atoms with Gasteiger partial charge < -0.3 is 4.74 Å². The molecular formula is C5H3O3. The van der Waals surface area contributed by atoms with Gasteiger partial charge in [0, 0.05) is 12.2 Å². The maximum atomic E-state index is 9.92. The third-order valence-corrected chi connectivity index (χ3v) is 0.557. The molecule has 0 saturated heterocycles. The summed E-state index contributed by atoms with van der Waals surface area (Å²) in [5.74, 6) is -1.16. The molecule has 0 spiro atoms. The van der Waals surface area contributed by atoms with Crippen LogP contribution in [0.5, 0.6) is 0 Å². The predicted octanol–water partition coefficient (Wildman–Crippen LogP) is -0.170. The van der Waals surface area contributed by atoms with E-state index in [1.165, 1.54) is 0 Å². The molecule has 0 bridgehead atoms. The van der Waals surface area contributed by atoms with Crippen LogP contribution in [0.2, 0.25) is 0 Å². The molecular weight excluding hydrogens is 108 g/mol. The Balaban J connectivity index is 0.000000490. The Kier molecular flexibility index (Phi) is 1.94. The van der Waals surface area contributed by atoms with Crippen LogP contribution in [0, 0.1) is 7.43 Å². The monoisotopic (exact) mass is 111 g/mol. The minimum atomic E-state index is -0.579. The fourth-order valence-corrected chi connectivity index (χ4v) is 0.303. The highest BCUT2D eigenvalue weighted by Gasteiger charge is 2.10. The molecule has 1 rings (SSSR count). The van der Waals surface area contributed by atoms with Gasteiger partial charge in [-0.3, -0.25) is 0 Å². The number of hydrogen-bond acceptors (Lipinski definition) is 3. The molecule has 41 valence electrons. The summed E-state index contributed by atoms with van der Waals surface area (Å²) in [6, 6.07) is 0. The van der Waals surface area contributed by atoms with Crippen molar-refractivity contribution in [3.8, 4) is 0 Å². The number of rotatable bonds is 0. The summed E-state index contributed by atoms with van der Waals surface area (Å²) in [5.41, 5.74) is 0. The van der Waals surface area contributed by atoms with E-state index in [9.17, 15) is 9.59 Å². The molecule has 0 saturated carbocycles. The summed E-state index contributed by atoms with van der Waals surface area (Å²) in [4.78, 5) is 19.8. The van der Waals surface area contributed by atoms with E-state index in [2.05, 4.69) is 4.74 Å². The average Bonchev–Trinajstić information content (AvgIpc) is 1.87. The highest BCUT2D eigenvalue weighted by molar-refractivity contribution is 6.04. The van der Waals surface area contributed by atoms with E-state index in [1.54, 1.807) is 0 Å². The molecule has 0 N–H and O–H groups in total. The first-order valence-electron chi connectivity index (χ1n) is 1.73. The Labute approximate surface area is 46.9 Å². The van der Waals surface area contributed by atoms with Crippen molar-refractivity contribution in [2.24, 2.45) is 0 Å². The van der Waals surface area contributed by atoms with Gasteiger partial charge in [-0.25, -0.2) is 9.59 Å². The normalized spacial score (nSPS) is 15.5. The largest absolute Gasteiger partial charge is 0.387 e. The highest BCUT2D eigenvalue weighted by Crippen LogP contribution is 1.92. The molecule has 1 aliphatic rings. The number of carbonyl (C=O) groups excluding carboxylic acids is 2. The van der Waals surface area contributed by atoms with Gasteiger partial charge in [0.15, 0.2) is 0 Å². The summed E-state index contributed by atoms with van der Waals surface area (Å²) in [7, 11) is 0. The van der Waals surface area contributed by atoms with Gasteiger partial charge in [0.05, 0.1) is 0 Å². The van der Waals surface area contributed by atoms with Gasteiger partial charge in [-0.05, 0) is 7.43 Å². The minimum absolute atomic E-state index is 0. The van der Waals surface area contributed by atoms with Crippen LogP contribution >= 0.6 is 0 Å². The van der Waals surface area contributed by atoms with Crippen molar-refractivity contribution in [2.45, 2.75) is 0 Å². The van der Waals surface area contributed by atoms with Gasteiger partial charge in [-0.15, -0.1) is 0 Å². The number of ether oxygens (including phenoxy) is 1. The Morgan fingerprint density at radius 3 is 1.62 bits per heavy atom. The molecule has 3 radical (unpaired) electrons. The van der Waals surface area contributed by atoms with Crippen LogP contribution in [0.1, 0.15) is 0 Å². The van der Waals surface area contributed by atoms with Crippen LogP contribution < -0.4 is 0 Å². The zero-order valence-electron chi connectivity index (χ0n) is 3.96. The number of hydrogen-bond donors (Lipinski definition) is 0. The maximum Gasteiger partial charge on any atom is 0.338 e. The van der Waals surface area contributed by atoms with Gasteiger partial charge in [0.1, 0.15) is 0 Å². The van der Waals surface area contributed by atoms with E-state index < -0.39 is 11.9 Å². The Morgan fingerprint density at radius 1 is 1.12 bits per heavy atom. The molecule has 0 aromatic rings. The van der Waals surface area contributed by atoms with Crippen LogP contribution in [-0.2, 0) is 14.3 Å². The van der Waals surface area contributed by atoms with E-state index in [1.807, 2.05) is 0 Å². The average molecular weight is 111 g/mol. The van der Waals surface area contributed by atoms with Gasteiger partial charge in [0.25, 0.3) is 0 Å². The first kappa shape index (κ1) is 6.88. The van der Waals surface area contributed by atoms with E-state index in [-0.39, 0.29) is 7.43 Å². The molecule has 0 atom stereocenters. The predicted molar refractivity (Wildman–Crippen MR) is 24.5 cm³/mol. The van der Waals surface area contributed by atoms with Gasteiger partial charge in [-0.1, -0.05) is 0 Å². The second kappa shape index (κ2) is 2.26. The molecule has 0 aromatic carbocycles. The lowest BCUT2D eigenvalue weighted by atomic mass is 10.6. The lowest BCUT2D eigenvalue weighted by Crippen LogP contribution is -1.96. The summed E-state index contributed by atoms with van der Waals surface area (Å²) in [5, 5.41) is 0. The SMILES string of the molecule is O=C1C=CC(=O)O1.[CH]. The van der Waals surface area contributed by atoms with Crippen LogP contribution in [0.25, 0.3) is 0 Å². The quantitative estimate of drug-likeness (QED) is 0.322. The molecule has 0 amide bonds. The van der Waals surface area contributed by atoms with Gasteiger partial charge in [0.2, 0.25) is 0 Å². The van der Waals surface area contributed by atoms with Crippen LogP contribution in [-0.4, -0.2) is 11.9 Å². The van der Waals surface area contributed by atoms with Gasteiger partial charge >= 0.3 is 11.9 Å². The second-order valence-corrected chi connectivity index (χ2v) is 1.07. The van der Waals surface area contributed by atoms with Crippen LogP contribution in [0.3, 0.4) is 0 Å². The molecule has 3 heteroatoms. The molecule has 0 unspecified atom stereocenters. The van der Waals surface area contributed by atoms with Crippen molar-refractivity contribution in [1.82, 2.24) is 0 Å². The lowest BCUT2D eigenvalue weighted by molar-refractivity contribution is -0.150. The zero-order valence-corrected chi connectivity index (χ0v) is 3.96. The van der Waals surface area contributed by atoms with Crippen molar-refractivity contribution >= 4 is 11.9 Å². The Bertz CT molecular complexity index is 130. The van der Waals surface area contributed by atoms with Crippen LogP contribution in [0.4, 0.5) is 0 Å². The third-order valence-electron chi connectivity index (χ3n) is 0.557. The standard InChI is InChI=1S/C4H2O3.CH/c5-3-1-2-4(6)7-3;/h1-2H;1H.